The van der Waals surface area contributed by atoms with Crippen LogP contribution in [0.25, 0.3) is 0 Å². The van der Waals surface area contributed by atoms with Gasteiger partial charge in [0.25, 0.3) is 0 Å². The normalized spacial score (nSPS) is 9.36. The fourth-order valence-electron chi connectivity index (χ4n) is 0.998. The average Bonchev–Trinajstić information content (AvgIpc) is 2.17. The highest BCUT2D eigenvalue weighted by atomic mass is 19.1. The van der Waals surface area contributed by atoms with E-state index in [9.17, 15) is 4.39 Å². The molecule has 2 N–H and O–H groups in total. The van der Waals surface area contributed by atoms with Crippen LogP contribution in [-0.2, 0) is 0 Å². The molecule has 0 aromatic heterocycles. The van der Waals surface area contributed by atoms with Crippen LogP contribution in [0.15, 0.2) is 12.1 Å². The highest BCUT2D eigenvalue weighted by Gasteiger charge is 2.17. The molecule has 0 fully saturated rings. The van der Waals surface area contributed by atoms with E-state index in [1.807, 2.05) is 0 Å². The molecule has 14 heavy (non-hydrogen) atoms. The van der Waals surface area contributed by atoms with Crippen molar-refractivity contribution in [1.29, 1.82) is 5.26 Å². The molecule has 0 aliphatic rings. The van der Waals surface area contributed by atoms with E-state index in [0.717, 1.165) is 12.1 Å². The number of hydrogen-bond donors (Lipinski definition) is 2. The zero-order chi connectivity index (χ0) is 10.7. The molecular weight excluding hydrogens is 188 g/mol. The van der Waals surface area contributed by atoms with E-state index in [2.05, 4.69) is 4.74 Å². The summed E-state index contributed by atoms with van der Waals surface area (Å²) in [6.07, 6.45) is 0. The molecule has 0 unspecified atom stereocenters. The van der Waals surface area contributed by atoms with E-state index >= 15 is 0 Å². The molecule has 0 spiro atoms. The molecule has 1 aromatic carbocycles. The largest absolute Gasteiger partial charge is 0.494 e. The second kappa shape index (κ2) is 4.09. The van der Waals surface area contributed by atoms with Gasteiger partial charge in [0.15, 0.2) is 11.6 Å². The minimum Gasteiger partial charge on any atom is -0.494 e. The number of hydrogen-bond acceptors (Lipinski definition) is 4. The molecule has 0 aliphatic heterocycles. The summed E-state index contributed by atoms with van der Waals surface area (Å²) in [6, 6.07) is 3.77. The van der Waals surface area contributed by atoms with Crippen LogP contribution in [0.2, 0.25) is 0 Å². The number of ether oxygens (including phenoxy) is 1. The van der Waals surface area contributed by atoms with Gasteiger partial charge in [0, 0.05) is 0 Å². The monoisotopic (exact) mass is 195 g/mol. The van der Waals surface area contributed by atoms with Crippen molar-refractivity contribution in [3.63, 3.8) is 0 Å². The van der Waals surface area contributed by atoms with Gasteiger partial charge in [-0.15, -0.1) is 0 Å². The molecule has 0 aliphatic carbocycles. The maximum Gasteiger partial charge on any atom is 0.488 e. The average molecular weight is 195 g/mol. The zero-order valence-corrected chi connectivity index (χ0v) is 7.36. The Morgan fingerprint density at radius 1 is 1.50 bits per heavy atom. The van der Waals surface area contributed by atoms with Crippen molar-refractivity contribution in [2.24, 2.45) is 0 Å². The van der Waals surface area contributed by atoms with E-state index in [0.29, 0.717) is 0 Å². The Morgan fingerprint density at radius 3 is 2.57 bits per heavy atom. The summed E-state index contributed by atoms with van der Waals surface area (Å²) in [7, 11) is -0.524. The van der Waals surface area contributed by atoms with Crippen molar-refractivity contribution in [3.8, 4) is 11.8 Å². The zero-order valence-electron chi connectivity index (χ0n) is 7.36. The molecule has 0 heterocycles. The van der Waals surface area contributed by atoms with E-state index in [-0.39, 0.29) is 16.8 Å². The fourth-order valence-corrected chi connectivity index (χ4v) is 0.998. The number of benzene rings is 1. The third kappa shape index (κ3) is 1.84. The Kier molecular flexibility index (Phi) is 3.07. The molecule has 72 valence electrons. The van der Waals surface area contributed by atoms with Crippen molar-refractivity contribution in [2.75, 3.05) is 7.11 Å². The quantitative estimate of drug-likeness (QED) is 0.617. The summed E-state index contributed by atoms with van der Waals surface area (Å²) in [6.45, 7) is 0. The predicted molar refractivity (Wildman–Crippen MR) is 47.5 cm³/mol. The lowest BCUT2D eigenvalue weighted by atomic mass is 9.79. The second-order valence-electron chi connectivity index (χ2n) is 2.57. The Hall–Kier alpha value is -1.58. The molecule has 0 saturated carbocycles. The Balaban J connectivity index is 3.34. The molecule has 6 heteroatoms. The predicted octanol–water partition coefficient (Wildman–Crippen LogP) is -0.614. The maximum absolute atomic E-state index is 13.2. The number of nitrogens with zero attached hydrogens (tertiary/aromatic N) is 1. The third-order valence-electron chi connectivity index (χ3n) is 1.70. The van der Waals surface area contributed by atoms with Crippen molar-refractivity contribution in [1.82, 2.24) is 0 Å². The van der Waals surface area contributed by atoms with Crippen LogP contribution < -0.4 is 10.2 Å². The first-order valence-corrected chi connectivity index (χ1v) is 3.73. The summed E-state index contributed by atoms with van der Waals surface area (Å²) in [5.74, 6) is -0.994. The number of rotatable bonds is 2. The van der Waals surface area contributed by atoms with Gasteiger partial charge >= 0.3 is 7.12 Å². The summed E-state index contributed by atoms with van der Waals surface area (Å²) in [5, 5.41) is 26.2. The van der Waals surface area contributed by atoms with Crippen LogP contribution in [-0.4, -0.2) is 24.3 Å². The topological polar surface area (TPSA) is 73.5 Å². The van der Waals surface area contributed by atoms with Crippen LogP contribution in [0.4, 0.5) is 4.39 Å². The first-order chi connectivity index (χ1) is 6.60. The van der Waals surface area contributed by atoms with Crippen molar-refractivity contribution in [2.45, 2.75) is 0 Å². The lowest BCUT2D eigenvalue weighted by molar-refractivity contribution is 0.385. The van der Waals surface area contributed by atoms with E-state index in [1.165, 1.54) is 7.11 Å². The first kappa shape index (κ1) is 10.5. The van der Waals surface area contributed by atoms with Crippen LogP contribution in [0, 0.1) is 17.1 Å². The molecule has 0 amide bonds. The van der Waals surface area contributed by atoms with Gasteiger partial charge < -0.3 is 14.8 Å². The van der Waals surface area contributed by atoms with Crippen LogP contribution in [0.5, 0.6) is 5.75 Å². The van der Waals surface area contributed by atoms with Crippen LogP contribution in [0.1, 0.15) is 5.56 Å². The lowest BCUT2D eigenvalue weighted by Gasteiger charge is -2.06. The van der Waals surface area contributed by atoms with E-state index in [1.54, 1.807) is 6.07 Å². The molecule has 1 rings (SSSR count). The minimum absolute atomic E-state index is 0.0137. The van der Waals surface area contributed by atoms with Crippen LogP contribution >= 0.6 is 0 Å². The van der Waals surface area contributed by atoms with Gasteiger partial charge in [-0.05, 0) is 17.6 Å². The van der Waals surface area contributed by atoms with Gasteiger partial charge in [-0.1, -0.05) is 0 Å². The molecule has 0 bridgehead atoms. The standard InChI is InChI=1S/C8H7BFNO3/c1-14-7-3-6(9(12)13)2-5(4-11)8(7)10/h2-3,12-13H,1H3. The molecule has 0 atom stereocenters. The van der Waals surface area contributed by atoms with Crippen molar-refractivity contribution >= 4 is 12.6 Å². The Morgan fingerprint density at radius 2 is 2.14 bits per heavy atom. The lowest BCUT2D eigenvalue weighted by Crippen LogP contribution is -2.30. The third-order valence-corrected chi connectivity index (χ3v) is 1.70. The Bertz CT molecular complexity index is 389. The highest BCUT2D eigenvalue weighted by Crippen LogP contribution is 2.18. The number of nitriles is 1. The molecule has 0 radical (unpaired) electrons. The van der Waals surface area contributed by atoms with Crippen molar-refractivity contribution in [3.05, 3.63) is 23.5 Å². The second-order valence-corrected chi connectivity index (χ2v) is 2.57. The first-order valence-electron chi connectivity index (χ1n) is 3.73. The summed E-state index contributed by atoms with van der Waals surface area (Å²) < 4.78 is 17.8. The minimum atomic E-state index is -1.75. The molecular formula is C8H7BFNO3. The SMILES string of the molecule is COc1cc(B(O)O)cc(C#N)c1F. The molecule has 1 aromatic rings. The summed E-state index contributed by atoms with van der Waals surface area (Å²) >= 11 is 0. The van der Waals surface area contributed by atoms with Gasteiger partial charge in [0.05, 0.1) is 12.7 Å². The molecule has 0 saturated heterocycles. The maximum atomic E-state index is 13.2. The van der Waals surface area contributed by atoms with E-state index in [4.69, 9.17) is 15.3 Å². The van der Waals surface area contributed by atoms with Gasteiger partial charge in [0.2, 0.25) is 0 Å². The fraction of sp³-hybridized carbons (Fsp3) is 0.125. The smallest absolute Gasteiger partial charge is 0.488 e. The van der Waals surface area contributed by atoms with Gasteiger partial charge in [0.1, 0.15) is 6.07 Å². The summed E-state index contributed by atoms with van der Waals surface area (Å²) in [5.41, 5.74) is -0.271. The molecule has 4 nitrogen and oxygen atoms in total. The number of methoxy groups -OCH3 is 1. The number of halogens is 1. The van der Waals surface area contributed by atoms with Gasteiger partial charge in [-0.2, -0.15) is 5.26 Å². The van der Waals surface area contributed by atoms with Gasteiger partial charge in [-0.3, -0.25) is 0 Å². The van der Waals surface area contributed by atoms with Crippen molar-refractivity contribution < 1.29 is 19.2 Å². The summed E-state index contributed by atoms with van der Waals surface area (Å²) in [4.78, 5) is 0. The van der Waals surface area contributed by atoms with Crippen LogP contribution in [0.3, 0.4) is 0 Å². The van der Waals surface area contributed by atoms with Gasteiger partial charge in [-0.25, -0.2) is 4.39 Å². The van der Waals surface area contributed by atoms with E-state index < -0.39 is 12.9 Å². The Labute approximate surface area is 80.3 Å². The highest BCUT2D eigenvalue weighted by molar-refractivity contribution is 6.58.